The molecule has 148 valence electrons. The third kappa shape index (κ3) is 4.04. The van der Waals surface area contributed by atoms with Crippen LogP contribution in [-0.4, -0.2) is 30.4 Å². The molecule has 0 unspecified atom stereocenters. The third-order valence-corrected chi connectivity index (χ3v) is 7.50. The first kappa shape index (κ1) is 19.9. The van der Waals surface area contributed by atoms with Gasteiger partial charge < -0.3 is 16.4 Å². The number of nitrogens with one attached hydrogen (secondary N) is 2. The number of hydrogen-bond donors (Lipinski definition) is 3. The van der Waals surface area contributed by atoms with E-state index in [1.807, 2.05) is 0 Å². The molecule has 2 amide bonds. The van der Waals surface area contributed by atoms with Gasteiger partial charge in [-0.2, -0.15) is 0 Å². The van der Waals surface area contributed by atoms with Crippen LogP contribution < -0.4 is 16.4 Å². The molecule has 5 nitrogen and oxygen atoms in total. The third-order valence-electron chi connectivity index (χ3n) is 7.50. The molecule has 26 heavy (non-hydrogen) atoms. The van der Waals surface area contributed by atoms with Crippen LogP contribution in [0.4, 0.5) is 0 Å². The lowest BCUT2D eigenvalue weighted by Crippen LogP contribution is -2.54. The van der Waals surface area contributed by atoms with Gasteiger partial charge in [0, 0.05) is 13.0 Å². The van der Waals surface area contributed by atoms with Gasteiger partial charge in [0.05, 0.1) is 12.1 Å². The molecule has 6 heteroatoms. The van der Waals surface area contributed by atoms with Crippen LogP contribution in [0.25, 0.3) is 0 Å². The summed E-state index contributed by atoms with van der Waals surface area (Å²) < 4.78 is 0. The quantitative estimate of drug-likeness (QED) is 0.658. The van der Waals surface area contributed by atoms with Gasteiger partial charge in [0.15, 0.2) is 0 Å². The first-order valence-electron chi connectivity index (χ1n) is 10.3. The summed E-state index contributed by atoms with van der Waals surface area (Å²) in [6.45, 7) is 0.576. The van der Waals surface area contributed by atoms with Crippen molar-refractivity contribution in [3.63, 3.8) is 0 Å². The molecule has 5 fully saturated rings. The number of amides is 2. The smallest absolute Gasteiger partial charge is 0.239 e. The highest BCUT2D eigenvalue weighted by Gasteiger charge is 2.51. The van der Waals surface area contributed by atoms with Gasteiger partial charge in [-0.15, -0.1) is 12.4 Å². The second kappa shape index (κ2) is 7.67. The Balaban J connectivity index is 0.00000196. The monoisotopic (exact) mass is 383 g/mol. The highest BCUT2D eigenvalue weighted by Crippen LogP contribution is 2.61. The van der Waals surface area contributed by atoms with Crippen molar-refractivity contribution in [2.75, 3.05) is 13.1 Å². The van der Waals surface area contributed by atoms with E-state index in [1.54, 1.807) is 0 Å². The minimum atomic E-state index is -0.234. The Morgan fingerprint density at radius 1 is 0.923 bits per heavy atom. The molecule has 0 aromatic heterocycles. The van der Waals surface area contributed by atoms with E-state index in [0.29, 0.717) is 13.0 Å². The van der Waals surface area contributed by atoms with Gasteiger partial charge in [-0.25, -0.2) is 0 Å². The van der Waals surface area contributed by atoms with E-state index in [-0.39, 0.29) is 41.7 Å². The average Bonchev–Trinajstić information content (AvgIpc) is 3.00. The molecule has 0 saturated heterocycles. The molecular weight excluding hydrogens is 350 g/mol. The molecule has 0 aromatic rings. The largest absolute Gasteiger partial charge is 0.348 e. The molecule has 0 radical (unpaired) electrons. The molecule has 5 aliphatic carbocycles. The molecule has 0 aliphatic heterocycles. The van der Waals surface area contributed by atoms with Gasteiger partial charge in [0.25, 0.3) is 0 Å². The summed E-state index contributed by atoms with van der Waals surface area (Å²) in [5, 5.41) is 5.96. The van der Waals surface area contributed by atoms with Gasteiger partial charge >= 0.3 is 0 Å². The number of carbonyl (C=O) groups excluding carboxylic acids is 2. The number of halogens is 1. The summed E-state index contributed by atoms with van der Waals surface area (Å²) in [6.07, 6.45) is 12.6. The number of nitrogens with two attached hydrogens (primary N) is 1. The van der Waals surface area contributed by atoms with E-state index in [1.165, 1.54) is 38.5 Å². The second-order valence-corrected chi connectivity index (χ2v) is 9.61. The lowest BCUT2D eigenvalue weighted by molar-refractivity contribution is -0.132. The van der Waals surface area contributed by atoms with Crippen LogP contribution in [0.15, 0.2) is 0 Å². The Morgan fingerprint density at radius 3 is 1.96 bits per heavy atom. The van der Waals surface area contributed by atoms with Gasteiger partial charge in [0.1, 0.15) is 0 Å². The van der Waals surface area contributed by atoms with E-state index in [4.69, 9.17) is 5.73 Å². The molecule has 0 heterocycles. The molecule has 4 bridgehead atoms. The van der Waals surface area contributed by atoms with Gasteiger partial charge in [-0.05, 0) is 74.5 Å². The number of hydrogen-bond acceptors (Lipinski definition) is 3. The number of rotatable bonds is 6. The lowest BCUT2D eigenvalue weighted by Gasteiger charge is -2.56. The van der Waals surface area contributed by atoms with Gasteiger partial charge in [-0.3, -0.25) is 9.59 Å². The van der Waals surface area contributed by atoms with Crippen LogP contribution in [0.3, 0.4) is 0 Å². The van der Waals surface area contributed by atoms with Crippen LogP contribution in [0, 0.1) is 23.2 Å². The van der Waals surface area contributed by atoms with Crippen molar-refractivity contribution < 1.29 is 9.59 Å². The first-order chi connectivity index (χ1) is 12.0. The van der Waals surface area contributed by atoms with Crippen molar-refractivity contribution in [3.8, 4) is 0 Å². The zero-order valence-corrected chi connectivity index (χ0v) is 16.5. The zero-order chi connectivity index (χ0) is 17.5. The SMILES string of the molecule is Cl.NCC1(NC(=O)CNC(=O)CC23CC4CC(CC(C4)C2)C3)CCCC1. The fourth-order valence-electron chi connectivity index (χ4n) is 6.86. The topological polar surface area (TPSA) is 84.2 Å². The van der Waals surface area contributed by atoms with Crippen molar-refractivity contribution in [3.05, 3.63) is 0 Å². The van der Waals surface area contributed by atoms with Crippen LogP contribution in [0.2, 0.25) is 0 Å². The maximum Gasteiger partial charge on any atom is 0.239 e. The van der Waals surface area contributed by atoms with E-state index in [9.17, 15) is 9.59 Å². The lowest BCUT2D eigenvalue weighted by atomic mass is 9.49. The highest BCUT2D eigenvalue weighted by atomic mass is 35.5. The Hall–Kier alpha value is -0.810. The van der Waals surface area contributed by atoms with E-state index in [2.05, 4.69) is 10.6 Å². The minimum absolute atomic E-state index is 0. The normalized spacial score (nSPS) is 36.4. The summed E-state index contributed by atoms with van der Waals surface area (Å²) in [5.74, 6) is 2.54. The van der Waals surface area contributed by atoms with E-state index < -0.39 is 0 Å². The predicted octanol–water partition coefficient (Wildman–Crippen LogP) is 2.52. The Kier molecular flexibility index (Phi) is 5.88. The maximum absolute atomic E-state index is 12.5. The Bertz CT molecular complexity index is 510. The Morgan fingerprint density at radius 2 is 1.46 bits per heavy atom. The van der Waals surface area contributed by atoms with Crippen molar-refractivity contribution in [2.24, 2.45) is 28.9 Å². The molecular formula is C20H34ClN3O2. The molecule has 5 aliphatic rings. The van der Waals surface area contributed by atoms with Crippen molar-refractivity contribution in [1.82, 2.24) is 10.6 Å². The molecule has 0 spiro atoms. The molecule has 5 saturated carbocycles. The van der Waals surface area contributed by atoms with Crippen molar-refractivity contribution >= 4 is 24.2 Å². The van der Waals surface area contributed by atoms with Gasteiger partial charge in [-0.1, -0.05) is 12.8 Å². The number of carbonyl (C=O) groups is 2. The van der Waals surface area contributed by atoms with Crippen molar-refractivity contribution in [2.45, 2.75) is 76.2 Å². The predicted molar refractivity (Wildman–Crippen MR) is 104 cm³/mol. The minimum Gasteiger partial charge on any atom is -0.348 e. The van der Waals surface area contributed by atoms with Gasteiger partial charge in [0.2, 0.25) is 11.8 Å². The summed E-state index contributed by atoms with van der Waals surface area (Å²) in [5.41, 5.74) is 5.87. The highest BCUT2D eigenvalue weighted by molar-refractivity contribution is 5.85. The van der Waals surface area contributed by atoms with E-state index >= 15 is 0 Å². The summed E-state index contributed by atoms with van der Waals surface area (Å²) >= 11 is 0. The van der Waals surface area contributed by atoms with Crippen molar-refractivity contribution in [1.29, 1.82) is 0 Å². The summed E-state index contributed by atoms with van der Waals surface area (Å²) in [7, 11) is 0. The Labute approximate surface area is 163 Å². The molecule has 5 rings (SSSR count). The average molecular weight is 384 g/mol. The van der Waals surface area contributed by atoms with Crippen LogP contribution in [0.5, 0.6) is 0 Å². The standard InChI is InChI=1S/C20H33N3O2.ClH/c21-13-20(3-1-2-4-20)23-18(25)12-22-17(24)11-19-8-14-5-15(9-19)7-16(6-14)10-19;/h14-16H,1-13,21H2,(H,22,24)(H,23,25);1H. The molecule has 0 aromatic carbocycles. The second-order valence-electron chi connectivity index (χ2n) is 9.61. The molecule has 0 atom stereocenters. The fraction of sp³-hybridized carbons (Fsp3) is 0.900. The maximum atomic E-state index is 12.5. The van der Waals surface area contributed by atoms with Crippen LogP contribution in [-0.2, 0) is 9.59 Å². The zero-order valence-electron chi connectivity index (χ0n) is 15.7. The van der Waals surface area contributed by atoms with Crippen LogP contribution in [0.1, 0.15) is 70.6 Å². The first-order valence-corrected chi connectivity index (χ1v) is 10.3. The molecule has 4 N–H and O–H groups in total. The summed E-state index contributed by atoms with van der Waals surface area (Å²) in [4.78, 5) is 24.8. The van der Waals surface area contributed by atoms with E-state index in [0.717, 1.165) is 43.4 Å². The summed E-state index contributed by atoms with van der Waals surface area (Å²) in [6, 6.07) is 0. The van der Waals surface area contributed by atoms with Crippen LogP contribution >= 0.6 is 12.4 Å². The fourth-order valence-corrected chi connectivity index (χ4v) is 6.86.